The Balaban J connectivity index is 0.000000396. The third kappa shape index (κ3) is 7.33. The van der Waals surface area contributed by atoms with Gasteiger partial charge in [-0.25, -0.2) is 13.2 Å². The van der Waals surface area contributed by atoms with E-state index in [-0.39, 0.29) is 17.5 Å². The van der Waals surface area contributed by atoms with Gasteiger partial charge >= 0.3 is 12.1 Å². The second kappa shape index (κ2) is 10.6. The van der Waals surface area contributed by atoms with E-state index in [1.54, 1.807) is 4.31 Å². The Morgan fingerprint density at radius 2 is 1.90 bits per heavy atom. The summed E-state index contributed by atoms with van der Waals surface area (Å²) >= 11 is 0. The molecule has 0 aromatic heterocycles. The number of carboxylic acids is 1. The third-order valence-electron chi connectivity index (χ3n) is 5.51. The van der Waals surface area contributed by atoms with Gasteiger partial charge in [0, 0.05) is 26.1 Å². The van der Waals surface area contributed by atoms with Gasteiger partial charge in [0.25, 0.3) is 0 Å². The molecule has 0 aromatic carbocycles. The lowest BCUT2D eigenvalue weighted by atomic mass is 9.98. The highest BCUT2D eigenvalue weighted by atomic mass is 32.2. The Labute approximate surface area is 175 Å². The molecule has 3 rings (SSSR count). The van der Waals surface area contributed by atoms with Gasteiger partial charge in [-0.05, 0) is 38.8 Å². The normalized spacial score (nSPS) is 28.1. The zero-order valence-electron chi connectivity index (χ0n) is 17.2. The quantitative estimate of drug-likeness (QED) is 0.618. The van der Waals surface area contributed by atoms with Crippen LogP contribution in [0.1, 0.15) is 39.0 Å². The molecule has 0 amide bonds. The number of nitrogens with zero attached hydrogens (tertiary/aromatic N) is 2. The largest absolute Gasteiger partial charge is 0.490 e. The van der Waals surface area contributed by atoms with E-state index < -0.39 is 22.2 Å². The van der Waals surface area contributed by atoms with Crippen molar-refractivity contribution in [3.63, 3.8) is 0 Å². The van der Waals surface area contributed by atoms with E-state index in [1.807, 2.05) is 6.92 Å². The highest BCUT2D eigenvalue weighted by Gasteiger charge is 2.48. The number of sulfonamides is 1. The summed E-state index contributed by atoms with van der Waals surface area (Å²) < 4.78 is 69.7. The smallest absolute Gasteiger partial charge is 0.475 e. The lowest BCUT2D eigenvalue weighted by Gasteiger charge is -2.23. The maximum absolute atomic E-state index is 12.2. The van der Waals surface area contributed by atoms with E-state index in [0.29, 0.717) is 26.1 Å². The second-order valence-corrected chi connectivity index (χ2v) is 10.0. The van der Waals surface area contributed by atoms with Crippen molar-refractivity contribution in [2.24, 2.45) is 0 Å². The molecule has 0 aromatic rings. The molecule has 3 fully saturated rings. The number of carbonyl (C=O) groups is 1. The van der Waals surface area contributed by atoms with Crippen molar-refractivity contribution < 1.29 is 41.0 Å². The molecular weight excluding hydrogens is 429 g/mol. The van der Waals surface area contributed by atoms with Crippen LogP contribution >= 0.6 is 0 Å². The van der Waals surface area contributed by atoms with Gasteiger partial charge in [0.2, 0.25) is 10.0 Å². The summed E-state index contributed by atoms with van der Waals surface area (Å²) in [5.41, 5.74) is -0.306. The molecule has 30 heavy (non-hydrogen) atoms. The maximum atomic E-state index is 12.2. The Kier molecular flexibility index (Phi) is 8.92. The van der Waals surface area contributed by atoms with Crippen molar-refractivity contribution in [3.8, 4) is 0 Å². The number of carboxylic acid groups (broad SMARTS) is 1. The Bertz CT molecular complexity index is 669. The fourth-order valence-corrected chi connectivity index (χ4v) is 5.56. The standard InChI is InChI=1S/C16H30N2O4S.C2HF3O2/c1-2-11-23(19,20)18-8-5-16(14-18)12-15(13-22-16)21-10-9-17-6-3-4-7-17;3-2(4,5)1(6)7/h15H,2-14H2,1H3;(H,6,7)/t15-,16-;/m0./s1. The van der Waals surface area contributed by atoms with E-state index in [0.717, 1.165) is 26.0 Å². The molecule has 8 nitrogen and oxygen atoms in total. The van der Waals surface area contributed by atoms with Gasteiger partial charge in [0.15, 0.2) is 0 Å². The summed E-state index contributed by atoms with van der Waals surface area (Å²) in [6.45, 7) is 7.73. The highest BCUT2D eigenvalue weighted by Crippen LogP contribution is 2.37. The predicted octanol–water partition coefficient (Wildman–Crippen LogP) is 1.71. The Morgan fingerprint density at radius 1 is 1.27 bits per heavy atom. The summed E-state index contributed by atoms with van der Waals surface area (Å²) in [5.74, 6) is -2.52. The van der Waals surface area contributed by atoms with Crippen molar-refractivity contribution in [2.45, 2.75) is 56.9 Å². The minimum Gasteiger partial charge on any atom is -0.475 e. The fraction of sp³-hybridized carbons (Fsp3) is 0.944. The van der Waals surface area contributed by atoms with Crippen LogP contribution in [-0.2, 0) is 24.3 Å². The average molecular weight is 461 g/mol. The number of aliphatic carboxylic acids is 1. The lowest BCUT2D eigenvalue weighted by molar-refractivity contribution is -0.192. The van der Waals surface area contributed by atoms with E-state index >= 15 is 0 Å². The number of hydrogen-bond donors (Lipinski definition) is 1. The van der Waals surface area contributed by atoms with E-state index in [4.69, 9.17) is 19.4 Å². The van der Waals surface area contributed by atoms with Crippen LogP contribution in [0.2, 0.25) is 0 Å². The van der Waals surface area contributed by atoms with E-state index in [9.17, 15) is 21.6 Å². The monoisotopic (exact) mass is 460 g/mol. The summed E-state index contributed by atoms with van der Waals surface area (Å²) in [7, 11) is -3.11. The maximum Gasteiger partial charge on any atom is 0.490 e. The zero-order valence-corrected chi connectivity index (χ0v) is 18.0. The molecule has 0 radical (unpaired) electrons. The van der Waals surface area contributed by atoms with Crippen molar-refractivity contribution >= 4 is 16.0 Å². The molecule has 12 heteroatoms. The average Bonchev–Trinajstić information content (AvgIpc) is 3.38. The first-order valence-electron chi connectivity index (χ1n) is 10.2. The summed E-state index contributed by atoms with van der Waals surface area (Å²) in [6.07, 6.45) is -0.0799. The number of rotatable bonds is 7. The van der Waals surface area contributed by atoms with Crippen LogP contribution in [0.3, 0.4) is 0 Å². The van der Waals surface area contributed by atoms with Crippen molar-refractivity contribution in [1.82, 2.24) is 9.21 Å². The van der Waals surface area contributed by atoms with Crippen LogP contribution in [-0.4, -0.2) is 98.3 Å². The van der Waals surface area contributed by atoms with Crippen molar-refractivity contribution in [3.05, 3.63) is 0 Å². The van der Waals surface area contributed by atoms with Gasteiger partial charge in [-0.2, -0.15) is 17.5 Å². The Hall–Kier alpha value is -0.950. The molecule has 2 atom stereocenters. The molecule has 0 saturated carbocycles. The molecule has 176 valence electrons. The topological polar surface area (TPSA) is 96.4 Å². The van der Waals surface area contributed by atoms with Crippen LogP contribution in [0, 0.1) is 0 Å². The van der Waals surface area contributed by atoms with Crippen LogP contribution in [0.15, 0.2) is 0 Å². The van der Waals surface area contributed by atoms with Crippen LogP contribution < -0.4 is 0 Å². The van der Waals surface area contributed by atoms with Crippen LogP contribution in [0.5, 0.6) is 0 Å². The molecule has 3 aliphatic rings. The summed E-state index contributed by atoms with van der Waals surface area (Å²) in [6, 6.07) is 0. The molecular formula is C18H31F3N2O6S. The predicted molar refractivity (Wildman–Crippen MR) is 103 cm³/mol. The van der Waals surface area contributed by atoms with E-state index in [1.165, 1.54) is 25.9 Å². The lowest BCUT2D eigenvalue weighted by Crippen LogP contribution is -2.37. The minimum atomic E-state index is -5.08. The molecule has 1 spiro atoms. The van der Waals surface area contributed by atoms with Gasteiger partial charge in [0.05, 0.1) is 30.7 Å². The van der Waals surface area contributed by atoms with Crippen molar-refractivity contribution in [1.29, 1.82) is 0 Å². The molecule has 0 aliphatic carbocycles. The molecule has 3 heterocycles. The number of likely N-dealkylation sites (tertiary alicyclic amines) is 1. The van der Waals surface area contributed by atoms with Crippen molar-refractivity contribution in [2.75, 3.05) is 51.7 Å². The van der Waals surface area contributed by atoms with Gasteiger partial charge < -0.3 is 19.5 Å². The number of halogens is 3. The zero-order chi connectivity index (χ0) is 22.4. The molecule has 3 saturated heterocycles. The first-order chi connectivity index (χ1) is 14.0. The molecule has 0 unspecified atom stereocenters. The van der Waals surface area contributed by atoms with Gasteiger partial charge in [-0.15, -0.1) is 0 Å². The van der Waals surface area contributed by atoms with E-state index in [2.05, 4.69) is 4.90 Å². The SMILES string of the molecule is CCCS(=O)(=O)N1CC[C@]2(C[C@H](OCCN3CCCC3)CO2)C1.O=C(O)C(F)(F)F. The van der Waals surface area contributed by atoms with Gasteiger partial charge in [-0.1, -0.05) is 6.92 Å². The Morgan fingerprint density at radius 3 is 2.47 bits per heavy atom. The van der Waals surface area contributed by atoms with Gasteiger partial charge in [-0.3, -0.25) is 0 Å². The van der Waals surface area contributed by atoms with Gasteiger partial charge in [0.1, 0.15) is 0 Å². The van der Waals surface area contributed by atoms with Crippen LogP contribution in [0.25, 0.3) is 0 Å². The first-order valence-corrected chi connectivity index (χ1v) is 11.8. The molecule has 0 bridgehead atoms. The molecule has 3 aliphatic heterocycles. The summed E-state index contributed by atoms with van der Waals surface area (Å²) in [4.78, 5) is 11.3. The summed E-state index contributed by atoms with van der Waals surface area (Å²) in [5, 5.41) is 7.12. The minimum absolute atomic E-state index is 0.117. The second-order valence-electron chi connectivity index (χ2n) is 7.94. The van der Waals surface area contributed by atoms with Crippen LogP contribution in [0.4, 0.5) is 13.2 Å². The number of hydrogen-bond acceptors (Lipinski definition) is 6. The third-order valence-corrected chi connectivity index (χ3v) is 7.54. The number of alkyl halides is 3. The highest BCUT2D eigenvalue weighted by molar-refractivity contribution is 7.89. The fourth-order valence-electron chi connectivity index (χ4n) is 3.98. The first kappa shape index (κ1) is 25.3. The molecule has 1 N–H and O–H groups in total. The number of ether oxygens (including phenoxy) is 2.